The Morgan fingerprint density at radius 3 is 2.94 bits per heavy atom. The van der Waals surface area contributed by atoms with Crippen LogP contribution in [0, 0.1) is 5.41 Å². The number of nitrogens with one attached hydrogen (secondary N) is 2. The third kappa shape index (κ3) is 3.98. The van der Waals surface area contributed by atoms with Gasteiger partial charge in [-0.1, -0.05) is 13.8 Å². The second kappa shape index (κ2) is 5.60. The summed E-state index contributed by atoms with van der Waals surface area (Å²) < 4.78 is 5.02. The molecule has 1 aromatic heterocycles. The van der Waals surface area contributed by atoms with Crippen molar-refractivity contribution in [3.8, 4) is 0 Å². The number of nitrogens with zero attached hydrogens (tertiary/aromatic N) is 2. The van der Waals surface area contributed by atoms with Gasteiger partial charge in [-0.15, -0.1) is 0 Å². The Bertz CT molecular complexity index is 322. The smallest absolute Gasteiger partial charge is 0.288 e. The number of hydrogen-bond acceptors (Lipinski definition) is 4. The molecule has 0 saturated carbocycles. The van der Waals surface area contributed by atoms with Crippen LogP contribution in [0.25, 0.3) is 0 Å². The maximum absolute atomic E-state index is 11.6. The van der Waals surface area contributed by atoms with Crippen LogP contribution in [0.15, 0.2) is 6.33 Å². The molecule has 0 bridgehead atoms. The van der Waals surface area contributed by atoms with E-state index in [9.17, 15) is 4.79 Å². The topological polar surface area (TPSA) is 79.9 Å². The molecule has 1 rings (SSSR count). The molecule has 0 aromatic carbocycles. The van der Waals surface area contributed by atoms with Crippen LogP contribution in [0.4, 0.5) is 0 Å². The Kier molecular flexibility index (Phi) is 4.42. The third-order valence-electron chi connectivity index (χ3n) is 2.34. The molecule has 1 amide bonds. The first-order valence-corrected chi connectivity index (χ1v) is 5.18. The number of carbonyl (C=O) groups excluding carboxylic acids is 1. The van der Waals surface area contributed by atoms with Crippen LogP contribution >= 0.6 is 0 Å². The summed E-state index contributed by atoms with van der Waals surface area (Å²) in [6.07, 6.45) is 2.20. The van der Waals surface area contributed by atoms with Crippen LogP contribution < -0.4 is 5.32 Å². The fourth-order valence-corrected chi connectivity index (χ4v) is 1.18. The van der Waals surface area contributed by atoms with Crippen molar-refractivity contribution in [1.29, 1.82) is 0 Å². The third-order valence-corrected chi connectivity index (χ3v) is 2.34. The van der Waals surface area contributed by atoms with Crippen LogP contribution in [0.1, 0.15) is 30.9 Å². The van der Waals surface area contributed by atoms with Gasteiger partial charge in [-0.3, -0.25) is 9.89 Å². The van der Waals surface area contributed by atoms with E-state index in [4.69, 9.17) is 4.74 Å². The number of methoxy groups -OCH3 is 1. The van der Waals surface area contributed by atoms with Gasteiger partial charge in [0.15, 0.2) is 0 Å². The number of ether oxygens (including phenoxy) is 1. The van der Waals surface area contributed by atoms with E-state index in [0.29, 0.717) is 13.2 Å². The quantitative estimate of drug-likeness (QED) is 0.744. The maximum Gasteiger partial charge on any atom is 0.288 e. The minimum Gasteiger partial charge on any atom is -0.385 e. The van der Waals surface area contributed by atoms with E-state index in [2.05, 4.69) is 34.3 Å². The molecule has 16 heavy (non-hydrogen) atoms. The van der Waals surface area contributed by atoms with Crippen LogP contribution in [-0.2, 0) is 4.74 Å². The van der Waals surface area contributed by atoms with Crippen molar-refractivity contribution in [2.75, 3.05) is 20.3 Å². The van der Waals surface area contributed by atoms with Gasteiger partial charge in [-0.25, -0.2) is 4.98 Å². The van der Waals surface area contributed by atoms with Crippen molar-refractivity contribution < 1.29 is 9.53 Å². The van der Waals surface area contributed by atoms with Gasteiger partial charge in [0.05, 0.1) is 0 Å². The van der Waals surface area contributed by atoms with E-state index in [1.807, 2.05) is 0 Å². The summed E-state index contributed by atoms with van der Waals surface area (Å²) in [5, 5.41) is 8.94. The first-order chi connectivity index (χ1) is 7.55. The molecule has 0 atom stereocenters. The van der Waals surface area contributed by atoms with Crippen LogP contribution in [0.5, 0.6) is 0 Å². The molecule has 2 N–H and O–H groups in total. The largest absolute Gasteiger partial charge is 0.385 e. The van der Waals surface area contributed by atoms with Gasteiger partial charge in [0.25, 0.3) is 5.91 Å². The molecule has 0 unspecified atom stereocenters. The number of amides is 1. The minimum atomic E-state index is -0.233. The molecule has 6 nitrogen and oxygen atoms in total. The molecule has 90 valence electrons. The summed E-state index contributed by atoms with van der Waals surface area (Å²) in [5.41, 5.74) is 0.00565. The van der Waals surface area contributed by atoms with Crippen molar-refractivity contribution >= 4 is 5.91 Å². The van der Waals surface area contributed by atoms with Crippen molar-refractivity contribution in [3.63, 3.8) is 0 Å². The second-order valence-corrected chi connectivity index (χ2v) is 4.42. The first kappa shape index (κ1) is 12.6. The van der Waals surface area contributed by atoms with E-state index < -0.39 is 0 Å². The highest BCUT2D eigenvalue weighted by Gasteiger charge is 2.19. The molecular weight excluding hydrogens is 208 g/mol. The number of H-pyrrole nitrogens is 1. The molecule has 0 radical (unpaired) electrons. The fourth-order valence-electron chi connectivity index (χ4n) is 1.18. The zero-order valence-corrected chi connectivity index (χ0v) is 9.91. The predicted molar refractivity (Wildman–Crippen MR) is 59.0 cm³/mol. The van der Waals surface area contributed by atoms with Crippen molar-refractivity contribution in [2.45, 2.75) is 20.3 Å². The van der Waals surface area contributed by atoms with Crippen LogP contribution in [0.3, 0.4) is 0 Å². The minimum absolute atomic E-state index is 0.00565. The molecular formula is C10H18N4O2. The Morgan fingerprint density at radius 2 is 2.38 bits per heavy atom. The Balaban J connectivity index is 2.36. The van der Waals surface area contributed by atoms with Gasteiger partial charge < -0.3 is 10.1 Å². The van der Waals surface area contributed by atoms with E-state index in [0.717, 1.165) is 6.42 Å². The monoisotopic (exact) mass is 226 g/mol. The van der Waals surface area contributed by atoms with E-state index in [1.54, 1.807) is 7.11 Å². The molecule has 1 aromatic rings. The highest BCUT2D eigenvalue weighted by molar-refractivity contribution is 5.90. The Morgan fingerprint density at radius 1 is 1.62 bits per heavy atom. The van der Waals surface area contributed by atoms with Gasteiger partial charge in [0, 0.05) is 20.3 Å². The molecule has 0 spiro atoms. The predicted octanol–water partition coefficient (Wildman–Crippen LogP) is 0.597. The number of carbonyl (C=O) groups is 1. The standard InChI is InChI=1S/C10H18N4O2/c1-10(2,4-5-16-3)6-11-9(15)8-12-7-13-14-8/h7H,4-6H2,1-3H3,(H,11,15)(H,12,13,14). The molecule has 1 heterocycles. The van der Waals surface area contributed by atoms with E-state index >= 15 is 0 Å². The van der Waals surface area contributed by atoms with Gasteiger partial charge in [0.2, 0.25) is 5.82 Å². The molecule has 0 aliphatic carbocycles. The lowest BCUT2D eigenvalue weighted by molar-refractivity contribution is 0.0911. The van der Waals surface area contributed by atoms with Crippen molar-refractivity contribution in [3.05, 3.63) is 12.2 Å². The number of hydrogen-bond donors (Lipinski definition) is 2. The lowest BCUT2D eigenvalue weighted by Crippen LogP contribution is -2.35. The van der Waals surface area contributed by atoms with Crippen molar-refractivity contribution in [2.24, 2.45) is 5.41 Å². The average Bonchev–Trinajstić information content (AvgIpc) is 2.77. The summed E-state index contributed by atoms with van der Waals surface area (Å²) in [5.74, 6) is 0.00512. The van der Waals surface area contributed by atoms with E-state index in [1.165, 1.54) is 6.33 Å². The van der Waals surface area contributed by atoms with Gasteiger partial charge >= 0.3 is 0 Å². The number of aromatic nitrogens is 3. The summed E-state index contributed by atoms with van der Waals surface area (Å²) in [7, 11) is 1.67. The normalized spacial score (nSPS) is 11.4. The Hall–Kier alpha value is -1.43. The second-order valence-electron chi connectivity index (χ2n) is 4.42. The summed E-state index contributed by atoms with van der Waals surface area (Å²) in [4.78, 5) is 15.3. The Labute approximate surface area is 94.8 Å². The van der Waals surface area contributed by atoms with Crippen LogP contribution in [-0.4, -0.2) is 41.3 Å². The molecule has 0 aliphatic rings. The zero-order chi connectivity index (χ0) is 12.0. The van der Waals surface area contributed by atoms with Crippen LogP contribution in [0.2, 0.25) is 0 Å². The number of rotatable bonds is 6. The van der Waals surface area contributed by atoms with Gasteiger partial charge in [-0.05, 0) is 11.8 Å². The highest BCUT2D eigenvalue weighted by Crippen LogP contribution is 2.18. The molecule has 0 saturated heterocycles. The summed E-state index contributed by atoms with van der Waals surface area (Å²) in [6, 6.07) is 0. The summed E-state index contributed by atoms with van der Waals surface area (Å²) in [6.45, 7) is 5.42. The lowest BCUT2D eigenvalue weighted by atomic mass is 9.90. The highest BCUT2D eigenvalue weighted by atomic mass is 16.5. The SMILES string of the molecule is COCCC(C)(C)CNC(=O)c1ncn[nH]1. The number of aromatic amines is 1. The fraction of sp³-hybridized carbons (Fsp3) is 0.700. The molecule has 6 heteroatoms. The lowest BCUT2D eigenvalue weighted by Gasteiger charge is -2.24. The van der Waals surface area contributed by atoms with Gasteiger partial charge in [-0.2, -0.15) is 5.10 Å². The van der Waals surface area contributed by atoms with Gasteiger partial charge in [0.1, 0.15) is 6.33 Å². The molecule has 0 fully saturated rings. The zero-order valence-electron chi connectivity index (χ0n) is 9.91. The first-order valence-electron chi connectivity index (χ1n) is 5.18. The van der Waals surface area contributed by atoms with E-state index in [-0.39, 0.29) is 17.1 Å². The van der Waals surface area contributed by atoms with Crippen molar-refractivity contribution in [1.82, 2.24) is 20.5 Å². The molecule has 0 aliphatic heterocycles. The average molecular weight is 226 g/mol. The summed E-state index contributed by atoms with van der Waals surface area (Å²) >= 11 is 0. The maximum atomic E-state index is 11.6.